The highest BCUT2D eigenvalue weighted by molar-refractivity contribution is 9.10. The Kier molecular flexibility index (Phi) is 3.37. The Hall–Kier alpha value is -0.500. The second-order valence-electron chi connectivity index (χ2n) is 3.52. The Morgan fingerprint density at radius 3 is 2.46 bits per heavy atom. The zero-order valence-corrected chi connectivity index (χ0v) is 9.85. The summed E-state index contributed by atoms with van der Waals surface area (Å²) in [6.45, 7) is 6.28. The van der Waals surface area contributed by atoms with Gasteiger partial charge in [-0.15, -0.1) is 0 Å². The SMILES string of the molecule is CCc1cc(Br)c(O)c(C(C)C)c1. The van der Waals surface area contributed by atoms with Crippen molar-refractivity contribution < 1.29 is 5.11 Å². The lowest BCUT2D eigenvalue weighted by Gasteiger charge is -2.11. The third kappa shape index (κ3) is 2.25. The van der Waals surface area contributed by atoms with Gasteiger partial charge in [0.2, 0.25) is 0 Å². The molecule has 0 fully saturated rings. The van der Waals surface area contributed by atoms with Gasteiger partial charge in [-0.25, -0.2) is 0 Å². The van der Waals surface area contributed by atoms with Gasteiger partial charge < -0.3 is 5.11 Å². The van der Waals surface area contributed by atoms with Crippen LogP contribution in [-0.2, 0) is 6.42 Å². The lowest BCUT2D eigenvalue weighted by molar-refractivity contribution is 0.461. The van der Waals surface area contributed by atoms with Crippen LogP contribution in [0.25, 0.3) is 0 Å². The van der Waals surface area contributed by atoms with Crippen LogP contribution >= 0.6 is 15.9 Å². The highest BCUT2D eigenvalue weighted by Gasteiger charge is 2.10. The van der Waals surface area contributed by atoms with E-state index in [1.165, 1.54) is 5.56 Å². The number of aryl methyl sites for hydroxylation is 1. The number of halogens is 1. The van der Waals surface area contributed by atoms with E-state index >= 15 is 0 Å². The first-order valence-corrected chi connectivity index (χ1v) is 5.36. The molecule has 0 saturated carbocycles. The topological polar surface area (TPSA) is 20.2 Å². The van der Waals surface area contributed by atoms with Crippen molar-refractivity contribution in [3.8, 4) is 5.75 Å². The standard InChI is InChI=1S/C11H15BrO/c1-4-8-5-9(7(2)3)11(13)10(12)6-8/h5-7,13H,4H2,1-3H3. The molecule has 0 aliphatic carbocycles. The van der Waals surface area contributed by atoms with Crippen molar-refractivity contribution in [2.24, 2.45) is 0 Å². The number of hydrogen-bond donors (Lipinski definition) is 1. The van der Waals surface area contributed by atoms with Gasteiger partial charge in [0, 0.05) is 0 Å². The molecule has 0 heterocycles. The summed E-state index contributed by atoms with van der Waals surface area (Å²) in [5.74, 6) is 0.745. The molecule has 1 aromatic rings. The van der Waals surface area contributed by atoms with Gasteiger partial charge in [0.25, 0.3) is 0 Å². The smallest absolute Gasteiger partial charge is 0.133 e. The maximum Gasteiger partial charge on any atom is 0.133 e. The Morgan fingerprint density at radius 2 is 2.00 bits per heavy atom. The summed E-state index contributed by atoms with van der Waals surface area (Å²) in [6, 6.07) is 4.05. The van der Waals surface area contributed by atoms with Crippen molar-refractivity contribution in [1.29, 1.82) is 0 Å². The van der Waals surface area contributed by atoms with Crippen molar-refractivity contribution in [1.82, 2.24) is 0 Å². The van der Waals surface area contributed by atoms with Gasteiger partial charge in [0.05, 0.1) is 4.47 Å². The summed E-state index contributed by atoms with van der Waals surface area (Å²) in [6.07, 6.45) is 0.999. The molecule has 0 amide bonds. The van der Waals surface area contributed by atoms with Crippen LogP contribution in [0.2, 0.25) is 0 Å². The van der Waals surface area contributed by atoms with Crippen LogP contribution in [0.5, 0.6) is 5.75 Å². The summed E-state index contributed by atoms with van der Waals surface area (Å²) in [7, 11) is 0. The molecule has 0 atom stereocenters. The summed E-state index contributed by atoms with van der Waals surface area (Å²) in [5, 5.41) is 9.74. The van der Waals surface area contributed by atoms with Crippen LogP contribution in [0.15, 0.2) is 16.6 Å². The molecule has 0 aliphatic heterocycles. The number of phenolic OH excluding ortho intramolecular Hbond substituents is 1. The molecule has 0 bridgehead atoms. The molecule has 13 heavy (non-hydrogen) atoms. The van der Waals surface area contributed by atoms with E-state index in [1.807, 2.05) is 6.07 Å². The molecule has 1 rings (SSSR count). The average Bonchev–Trinajstić information content (AvgIpc) is 2.09. The maximum atomic E-state index is 9.74. The van der Waals surface area contributed by atoms with E-state index in [-0.39, 0.29) is 0 Å². The molecular weight excluding hydrogens is 228 g/mol. The molecule has 0 spiro atoms. The second-order valence-corrected chi connectivity index (χ2v) is 4.38. The Labute approximate surface area is 87.9 Å². The monoisotopic (exact) mass is 242 g/mol. The first kappa shape index (κ1) is 10.6. The van der Waals surface area contributed by atoms with Crippen LogP contribution in [-0.4, -0.2) is 5.11 Å². The Morgan fingerprint density at radius 1 is 1.38 bits per heavy atom. The van der Waals surface area contributed by atoms with Gasteiger partial charge in [-0.05, 0) is 45.5 Å². The number of phenols is 1. The molecule has 1 aromatic carbocycles. The lowest BCUT2D eigenvalue weighted by Crippen LogP contribution is -1.92. The van der Waals surface area contributed by atoms with Gasteiger partial charge in [0.1, 0.15) is 5.75 Å². The van der Waals surface area contributed by atoms with Crippen molar-refractivity contribution in [3.05, 3.63) is 27.7 Å². The number of hydrogen-bond acceptors (Lipinski definition) is 1. The van der Waals surface area contributed by atoms with E-state index in [1.54, 1.807) is 0 Å². The van der Waals surface area contributed by atoms with E-state index in [0.29, 0.717) is 11.7 Å². The molecule has 0 unspecified atom stereocenters. The lowest BCUT2D eigenvalue weighted by atomic mass is 9.99. The van der Waals surface area contributed by atoms with Crippen molar-refractivity contribution >= 4 is 15.9 Å². The van der Waals surface area contributed by atoms with Crippen LogP contribution in [0.4, 0.5) is 0 Å². The molecule has 1 N–H and O–H groups in total. The predicted octanol–water partition coefficient (Wildman–Crippen LogP) is 3.84. The average molecular weight is 243 g/mol. The minimum absolute atomic E-state index is 0.364. The minimum Gasteiger partial charge on any atom is -0.506 e. The molecular formula is C11H15BrO. The van der Waals surface area contributed by atoms with E-state index in [0.717, 1.165) is 16.5 Å². The van der Waals surface area contributed by atoms with E-state index in [2.05, 4.69) is 42.8 Å². The van der Waals surface area contributed by atoms with Gasteiger partial charge in [-0.2, -0.15) is 0 Å². The van der Waals surface area contributed by atoms with Crippen molar-refractivity contribution in [2.75, 3.05) is 0 Å². The zero-order chi connectivity index (χ0) is 10.0. The quantitative estimate of drug-likeness (QED) is 0.836. The Bertz CT molecular complexity index is 305. The van der Waals surface area contributed by atoms with Gasteiger partial charge in [-0.1, -0.05) is 26.8 Å². The van der Waals surface area contributed by atoms with Gasteiger partial charge in [0.15, 0.2) is 0 Å². The van der Waals surface area contributed by atoms with Gasteiger partial charge >= 0.3 is 0 Å². The fourth-order valence-corrected chi connectivity index (χ4v) is 1.85. The number of aromatic hydroxyl groups is 1. The second kappa shape index (κ2) is 4.14. The fraction of sp³-hybridized carbons (Fsp3) is 0.455. The van der Waals surface area contributed by atoms with Crippen molar-refractivity contribution in [3.63, 3.8) is 0 Å². The summed E-state index contributed by atoms with van der Waals surface area (Å²) >= 11 is 3.36. The van der Waals surface area contributed by atoms with Crippen molar-refractivity contribution in [2.45, 2.75) is 33.1 Å². The van der Waals surface area contributed by atoms with Crippen LogP contribution in [0.3, 0.4) is 0 Å². The highest BCUT2D eigenvalue weighted by atomic mass is 79.9. The third-order valence-corrected chi connectivity index (χ3v) is 2.79. The van der Waals surface area contributed by atoms with E-state index < -0.39 is 0 Å². The molecule has 0 aliphatic rings. The summed E-state index contributed by atoms with van der Waals surface area (Å²) < 4.78 is 0.801. The van der Waals surface area contributed by atoms with E-state index in [9.17, 15) is 5.11 Å². The zero-order valence-electron chi connectivity index (χ0n) is 8.26. The highest BCUT2D eigenvalue weighted by Crippen LogP contribution is 2.34. The third-order valence-electron chi connectivity index (χ3n) is 2.18. The van der Waals surface area contributed by atoms with Crippen LogP contribution in [0.1, 0.15) is 37.8 Å². The molecule has 72 valence electrons. The molecule has 1 nitrogen and oxygen atoms in total. The number of benzene rings is 1. The molecule has 0 aromatic heterocycles. The van der Waals surface area contributed by atoms with E-state index in [4.69, 9.17) is 0 Å². The Balaban J connectivity index is 3.25. The number of rotatable bonds is 2. The predicted molar refractivity (Wildman–Crippen MR) is 59.3 cm³/mol. The van der Waals surface area contributed by atoms with Gasteiger partial charge in [-0.3, -0.25) is 0 Å². The van der Waals surface area contributed by atoms with Crippen LogP contribution in [0, 0.1) is 0 Å². The summed E-state index contributed by atoms with van der Waals surface area (Å²) in [5.41, 5.74) is 2.28. The maximum absolute atomic E-state index is 9.74. The molecule has 0 saturated heterocycles. The fourth-order valence-electron chi connectivity index (χ4n) is 1.32. The summed E-state index contributed by atoms with van der Waals surface area (Å²) in [4.78, 5) is 0. The molecule has 2 heteroatoms. The van der Waals surface area contributed by atoms with Crippen LogP contribution < -0.4 is 0 Å². The first-order valence-electron chi connectivity index (χ1n) is 4.57. The minimum atomic E-state index is 0.364. The normalized spacial score (nSPS) is 10.8. The largest absolute Gasteiger partial charge is 0.506 e. The molecule has 0 radical (unpaired) electrons. The first-order chi connectivity index (χ1) is 6.06.